The number of benzene rings is 4. The van der Waals surface area contributed by atoms with Crippen LogP contribution >= 0.6 is 15.9 Å². The highest BCUT2D eigenvalue weighted by atomic mass is 79.9. The molecule has 4 aromatic carbocycles. The Hall–Kier alpha value is -4.74. The largest absolute Gasteiger partial charge is 0.491 e. The molecule has 1 aliphatic rings. The Balaban J connectivity index is 1.28. The standard InChI is InChI=1S/C41H41BrF3N3O4/c42-36-15-10-28(11-16-36)14-19-38(49)48(21-20-29-12-17-37(18-13-29)52-40(51)41(43,44)45)27-32-6-2-7-33(23-32)34-8-3-9-35(24-34)39(50)47-26-31-5-1-4-30(22-31)25-46/h2-3,6-19,23-24,30-31H,1,4-5,20-22,25-27,46H2,(H,47,50). The summed E-state index contributed by atoms with van der Waals surface area (Å²) in [4.78, 5) is 39.6. The molecule has 52 heavy (non-hydrogen) atoms. The topological polar surface area (TPSA) is 102 Å². The highest BCUT2D eigenvalue weighted by Crippen LogP contribution is 2.28. The van der Waals surface area contributed by atoms with Gasteiger partial charge in [-0.1, -0.05) is 76.9 Å². The Kier molecular flexibility index (Phi) is 13.4. The minimum absolute atomic E-state index is 0.117. The quantitative estimate of drug-likeness (QED) is 0.0808. The number of alkyl halides is 3. The molecule has 7 nitrogen and oxygen atoms in total. The Bertz CT molecular complexity index is 1860. The molecule has 2 unspecified atom stereocenters. The van der Waals surface area contributed by atoms with Gasteiger partial charge in [-0.3, -0.25) is 9.59 Å². The fraction of sp³-hybridized carbons (Fsp3) is 0.293. The first-order valence-electron chi connectivity index (χ1n) is 17.2. The number of nitrogens with one attached hydrogen (secondary N) is 1. The van der Waals surface area contributed by atoms with Crippen molar-refractivity contribution in [2.45, 2.75) is 44.8 Å². The molecule has 0 aromatic heterocycles. The summed E-state index contributed by atoms with van der Waals surface area (Å²) in [6.07, 6.45) is 2.98. The Morgan fingerprint density at radius 2 is 1.58 bits per heavy atom. The summed E-state index contributed by atoms with van der Waals surface area (Å²) in [7, 11) is 0. The molecule has 2 amide bonds. The van der Waals surface area contributed by atoms with Crippen LogP contribution in [0.4, 0.5) is 13.2 Å². The van der Waals surface area contributed by atoms with E-state index in [-0.39, 0.29) is 24.1 Å². The van der Waals surface area contributed by atoms with Crippen molar-refractivity contribution in [1.29, 1.82) is 0 Å². The van der Waals surface area contributed by atoms with E-state index in [2.05, 4.69) is 26.0 Å². The number of ether oxygens (including phenoxy) is 1. The number of nitrogens with zero attached hydrogens (tertiary/aromatic N) is 1. The first-order valence-corrected chi connectivity index (χ1v) is 18.0. The molecule has 0 spiro atoms. The van der Waals surface area contributed by atoms with Crippen LogP contribution in [0.25, 0.3) is 17.2 Å². The zero-order chi connectivity index (χ0) is 37.1. The van der Waals surface area contributed by atoms with E-state index >= 15 is 0 Å². The second-order valence-electron chi connectivity index (χ2n) is 13.1. The smallest absolute Gasteiger partial charge is 0.420 e. The van der Waals surface area contributed by atoms with Crippen LogP contribution in [0.15, 0.2) is 108 Å². The molecule has 4 aromatic rings. The fourth-order valence-corrected chi connectivity index (χ4v) is 6.58. The lowest BCUT2D eigenvalue weighted by Crippen LogP contribution is -2.33. The number of hydrogen-bond acceptors (Lipinski definition) is 5. The minimum atomic E-state index is -5.10. The predicted molar refractivity (Wildman–Crippen MR) is 199 cm³/mol. The van der Waals surface area contributed by atoms with Gasteiger partial charge in [0.1, 0.15) is 5.75 Å². The SMILES string of the molecule is NCC1CCCC(CNC(=O)c2cccc(-c3cccc(CN(CCc4ccc(OC(=O)C(F)(F)F)cc4)C(=O)C=Cc4ccc(Br)cc4)c3)c2)C1. The maximum absolute atomic E-state index is 13.6. The van der Waals surface area contributed by atoms with E-state index in [1.54, 1.807) is 29.2 Å². The van der Waals surface area contributed by atoms with Crippen molar-refractivity contribution in [2.24, 2.45) is 17.6 Å². The summed E-state index contributed by atoms with van der Waals surface area (Å²) in [5, 5.41) is 3.11. The van der Waals surface area contributed by atoms with Crippen LogP contribution in [0.3, 0.4) is 0 Å². The summed E-state index contributed by atoms with van der Waals surface area (Å²) in [6, 6.07) is 28.5. The van der Waals surface area contributed by atoms with Gasteiger partial charge in [0, 0.05) is 35.7 Å². The predicted octanol–water partition coefficient (Wildman–Crippen LogP) is 8.36. The minimum Gasteiger partial charge on any atom is -0.420 e. The van der Waals surface area contributed by atoms with Crippen molar-refractivity contribution in [3.8, 4) is 16.9 Å². The molecule has 1 aliphatic carbocycles. The van der Waals surface area contributed by atoms with Crippen LogP contribution in [0.1, 0.15) is 52.7 Å². The fourth-order valence-electron chi connectivity index (χ4n) is 6.32. The van der Waals surface area contributed by atoms with Gasteiger partial charge in [0.15, 0.2) is 0 Å². The molecular formula is C41H41BrF3N3O4. The number of esters is 1. The monoisotopic (exact) mass is 775 g/mol. The molecule has 0 saturated heterocycles. The zero-order valence-corrected chi connectivity index (χ0v) is 30.2. The molecule has 5 rings (SSSR count). The number of hydrogen-bond donors (Lipinski definition) is 2. The van der Waals surface area contributed by atoms with Gasteiger partial charge >= 0.3 is 12.1 Å². The molecule has 1 saturated carbocycles. The van der Waals surface area contributed by atoms with Crippen LogP contribution in [0.5, 0.6) is 5.75 Å². The highest BCUT2D eigenvalue weighted by molar-refractivity contribution is 9.10. The molecule has 1 fully saturated rings. The third-order valence-corrected chi connectivity index (χ3v) is 9.70. The Morgan fingerprint density at radius 1 is 0.885 bits per heavy atom. The number of carbonyl (C=O) groups is 3. The summed E-state index contributed by atoms with van der Waals surface area (Å²) >= 11 is 3.42. The summed E-state index contributed by atoms with van der Waals surface area (Å²) < 4.78 is 43.1. The average Bonchev–Trinajstić information content (AvgIpc) is 3.15. The van der Waals surface area contributed by atoms with Gasteiger partial charge < -0.3 is 20.7 Å². The van der Waals surface area contributed by atoms with E-state index < -0.39 is 12.1 Å². The van der Waals surface area contributed by atoms with Gasteiger partial charge in [-0.15, -0.1) is 0 Å². The van der Waals surface area contributed by atoms with E-state index in [1.165, 1.54) is 18.2 Å². The molecule has 0 aliphatic heterocycles. The van der Waals surface area contributed by atoms with Crippen LogP contribution in [0.2, 0.25) is 0 Å². The lowest BCUT2D eigenvalue weighted by molar-refractivity contribution is -0.189. The number of amides is 2. The Morgan fingerprint density at radius 3 is 2.29 bits per heavy atom. The Labute approximate surface area is 310 Å². The molecule has 2 atom stereocenters. The van der Waals surface area contributed by atoms with Crippen molar-refractivity contribution in [3.05, 3.63) is 130 Å². The van der Waals surface area contributed by atoms with Crippen LogP contribution < -0.4 is 15.8 Å². The van der Waals surface area contributed by atoms with Crippen molar-refractivity contribution in [2.75, 3.05) is 19.6 Å². The second-order valence-corrected chi connectivity index (χ2v) is 14.0. The van der Waals surface area contributed by atoms with E-state index in [1.807, 2.05) is 66.7 Å². The van der Waals surface area contributed by atoms with Crippen molar-refractivity contribution < 1.29 is 32.3 Å². The lowest BCUT2D eigenvalue weighted by atomic mass is 9.81. The van der Waals surface area contributed by atoms with Crippen LogP contribution in [-0.2, 0) is 22.6 Å². The average molecular weight is 777 g/mol. The molecule has 0 radical (unpaired) electrons. The van der Waals surface area contributed by atoms with Crippen LogP contribution in [-0.4, -0.2) is 48.5 Å². The molecule has 0 heterocycles. The zero-order valence-electron chi connectivity index (χ0n) is 28.6. The van der Waals surface area contributed by atoms with Gasteiger partial charge in [-0.2, -0.15) is 13.2 Å². The number of rotatable bonds is 13. The van der Waals surface area contributed by atoms with Crippen LogP contribution in [0, 0.1) is 11.8 Å². The number of nitrogens with two attached hydrogens (primary N) is 1. The van der Waals surface area contributed by atoms with Gasteiger partial charge in [-0.05, 0) is 120 Å². The number of halogens is 4. The van der Waals surface area contributed by atoms with Crippen molar-refractivity contribution in [1.82, 2.24) is 10.2 Å². The van der Waals surface area contributed by atoms with Gasteiger partial charge in [0.25, 0.3) is 5.91 Å². The van der Waals surface area contributed by atoms with Crippen molar-refractivity contribution in [3.63, 3.8) is 0 Å². The first-order chi connectivity index (χ1) is 25.0. The van der Waals surface area contributed by atoms with Gasteiger partial charge in [0.05, 0.1) is 0 Å². The first kappa shape index (κ1) is 38.5. The van der Waals surface area contributed by atoms with E-state index in [0.29, 0.717) is 43.5 Å². The number of carbonyl (C=O) groups excluding carboxylic acids is 3. The van der Waals surface area contributed by atoms with Crippen molar-refractivity contribution >= 4 is 39.8 Å². The summed E-state index contributed by atoms with van der Waals surface area (Å²) in [6.45, 7) is 1.90. The van der Waals surface area contributed by atoms with Gasteiger partial charge in [-0.25, -0.2) is 4.79 Å². The maximum Gasteiger partial charge on any atom is 0.491 e. The lowest BCUT2D eigenvalue weighted by Gasteiger charge is -2.28. The molecular weight excluding hydrogens is 735 g/mol. The third-order valence-electron chi connectivity index (χ3n) is 9.17. The normalized spacial score (nSPS) is 16.0. The van der Waals surface area contributed by atoms with Gasteiger partial charge in [0.2, 0.25) is 5.91 Å². The second kappa shape index (κ2) is 18.1. The van der Waals surface area contributed by atoms with E-state index in [4.69, 9.17) is 5.73 Å². The molecule has 3 N–H and O–H groups in total. The van der Waals surface area contributed by atoms with E-state index in [9.17, 15) is 27.6 Å². The summed E-state index contributed by atoms with van der Waals surface area (Å²) in [5.41, 5.74) is 10.7. The third kappa shape index (κ3) is 11.4. The maximum atomic E-state index is 13.6. The summed E-state index contributed by atoms with van der Waals surface area (Å²) in [5.74, 6) is -1.90. The van der Waals surface area contributed by atoms with E-state index in [0.717, 1.165) is 58.0 Å². The highest BCUT2D eigenvalue weighted by Gasteiger charge is 2.41. The molecule has 0 bridgehead atoms. The molecule has 11 heteroatoms. The molecule has 272 valence electrons.